The predicted molar refractivity (Wildman–Crippen MR) is 151 cm³/mol. The van der Waals surface area contributed by atoms with Gasteiger partial charge in [0.15, 0.2) is 0 Å². The van der Waals surface area contributed by atoms with Crippen LogP contribution >= 0.6 is 0 Å². The molecule has 3 aromatic carbocycles. The van der Waals surface area contributed by atoms with Gasteiger partial charge in [-0.15, -0.1) is 0 Å². The van der Waals surface area contributed by atoms with Crippen molar-refractivity contribution in [3.63, 3.8) is 0 Å². The number of fused-ring (bicyclic) bond motifs is 1. The Labute approximate surface area is 235 Å². The zero-order valence-corrected chi connectivity index (χ0v) is 23.6. The van der Waals surface area contributed by atoms with Crippen molar-refractivity contribution in [1.82, 2.24) is 0 Å². The molecule has 10 heteroatoms. The molecule has 40 heavy (non-hydrogen) atoms. The first-order valence-corrected chi connectivity index (χ1v) is 14.3. The van der Waals surface area contributed by atoms with Crippen LogP contribution in [0.5, 0.6) is 11.5 Å². The van der Waals surface area contributed by atoms with Crippen molar-refractivity contribution < 1.29 is 37.2 Å². The highest BCUT2D eigenvalue weighted by Crippen LogP contribution is 2.48. The molecule has 0 radical (unpaired) electrons. The minimum Gasteiger partial charge on any atom is -0.507 e. The zero-order chi connectivity index (χ0) is 28.5. The van der Waals surface area contributed by atoms with Gasteiger partial charge in [0.25, 0.3) is 10.0 Å². The van der Waals surface area contributed by atoms with Crippen molar-refractivity contribution >= 4 is 15.7 Å². The molecule has 1 aliphatic rings. The van der Waals surface area contributed by atoms with Crippen LogP contribution in [0.25, 0.3) is 0 Å². The summed E-state index contributed by atoms with van der Waals surface area (Å²) in [4.78, 5) is 0.104. The molecule has 0 bridgehead atoms. The molecule has 0 aromatic heterocycles. The van der Waals surface area contributed by atoms with Gasteiger partial charge in [-0.05, 0) is 30.2 Å². The summed E-state index contributed by atoms with van der Waals surface area (Å²) in [6.07, 6.45) is 3.84. The van der Waals surface area contributed by atoms with Crippen molar-refractivity contribution in [2.75, 3.05) is 45.7 Å². The molecule has 2 N–H and O–H groups in total. The monoisotopic (exact) mass is 569 g/mol. The average Bonchev–Trinajstić information content (AvgIpc) is 2.95. The van der Waals surface area contributed by atoms with Crippen molar-refractivity contribution in [3.8, 4) is 11.5 Å². The third-order valence-corrected chi connectivity index (χ3v) is 7.83. The lowest BCUT2D eigenvalue weighted by Crippen LogP contribution is -2.23. The molecular weight excluding hydrogens is 534 g/mol. The summed E-state index contributed by atoms with van der Waals surface area (Å²) >= 11 is 0. The molecule has 214 valence electrons. The number of aromatic hydroxyl groups is 1. The van der Waals surface area contributed by atoms with E-state index in [1.165, 1.54) is 20.3 Å². The third kappa shape index (κ3) is 7.21. The summed E-state index contributed by atoms with van der Waals surface area (Å²) in [5.74, 6) is -0.622. The summed E-state index contributed by atoms with van der Waals surface area (Å²) in [6.45, 7) is 2.58. The standard InChI is InChI=1S/C30H35NO8S/c1-21-9-13-25(14-10-21)40(33,34)31-30-27(39-16-22-7-5-4-6-8-22)15-26(32)28-23(17-37-19-35-2)11-12-24(29(28)30)18-38-20-36-3/h4-15,23-24,31-32H,16-20H2,1-3H3. The highest BCUT2D eigenvalue weighted by molar-refractivity contribution is 7.92. The maximum Gasteiger partial charge on any atom is 0.262 e. The Bertz CT molecular complexity index is 1390. The van der Waals surface area contributed by atoms with E-state index >= 15 is 0 Å². The second kappa shape index (κ2) is 13.8. The maximum atomic E-state index is 13.6. The molecule has 0 spiro atoms. The first-order valence-electron chi connectivity index (χ1n) is 12.8. The quantitative estimate of drug-likeness (QED) is 0.120. The molecule has 0 fully saturated rings. The summed E-state index contributed by atoms with van der Waals surface area (Å²) in [6, 6.07) is 17.5. The first kappa shape index (κ1) is 29.6. The number of ether oxygens (including phenoxy) is 5. The highest BCUT2D eigenvalue weighted by Gasteiger charge is 2.33. The van der Waals surface area contributed by atoms with Crippen molar-refractivity contribution in [1.29, 1.82) is 0 Å². The van der Waals surface area contributed by atoms with Gasteiger partial charge >= 0.3 is 0 Å². The number of benzene rings is 3. The van der Waals surface area contributed by atoms with E-state index in [0.717, 1.165) is 11.1 Å². The molecule has 0 aliphatic heterocycles. The molecular formula is C30H35NO8S. The van der Waals surface area contributed by atoms with E-state index in [2.05, 4.69) is 4.72 Å². The van der Waals surface area contributed by atoms with Crippen LogP contribution in [0.4, 0.5) is 5.69 Å². The van der Waals surface area contributed by atoms with Crippen molar-refractivity contribution in [2.24, 2.45) is 0 Å². The van der Waals surface area contributed by atoms with Crippen LogP contribution in [-0.2, 0) is 35.6 Å². The number of aryl methyl sites for hydroxylation is 1. The van der Waals surface area contributed by atoms with Gasteiger partial charge in [0.1, 0.15) is 31.7 Å². The lowest BCUT2D eigenvalue weighted by Gasteiger charge is -2.31. The van der Waals surface area contributed by atoms with E-state index < -0.39 is 15.9 Å². The predicted octanol–water partition coefficient (Wildman–Crippen LogP) is 5.06. The van der Waals surface area contributed by atoms with Crippen LogP contribution in [0, 0.1) is 6.92 Å². The van der Waals surface area contributed by atoms with Gasteiger partial charge in [-0.25, -0.2) is 8.42 Å². The summed E-state index contributed by atoms with van der Waals surface area (Å²) in [5, 5.41) is 11.3. The van der Waals surface area contributed by atoms with E-state index in [1.807, 2.05) is 49.4 Å². The Balaban J connectivity index is 1.83. The van der Waals surface area contributed by atoms with E-state index in [0.29, 0.717) is 11.1 Å². The molecule has 0 saturated carbocycles. The topological polar surface area (TPSA) is 113 Å². The zero-order valence-electron chi connectivity index (χ0n) is 22.8. The highest BCUT2D eigenvalue weighted by atomic mass is 32.2. The van der Waals surface area contributed by atoms with E-state index in [9.17, 15) is 13.5 Å². The first-order chi connectivity index (χ1) is 19.3. The Morgan fingerprint density at radius 2 is 1.45 bits per heavy atom. The van der Waals surface area contributed by atoms with Crippen LogP contribution in [0.2, 0.25) is 0 Å². The Morgan fingerprint density at radius 3 is 2.05 bits per heavy atom. The van der Waals surface area contributed by atoms with E-state index in [-0.39, 0.29) is 61.4 Å². The molecule has 2 atom stereocenters. The number of rotatable bonds is 14. The van der Waals surface area contributed by atoms with Gasteiger partial charge in [-0.3, -0.25) is 4.72 Å². The lowest BCUT2D eigenvalue weighted by molar-refractivity contribution is -0.0352. The number of phenols is 1. The van der Waals surface area contributed by atoms with Crippen molar-refractivity contribution in [2.45, 2.75) is 30.3 Å². The fraction of sp³-hybridized carbons (Fsp3) is 0.333. The largest absolute Gasteiger partial charge is 0.507 e. The molecule has 2 unspecified atom stereocenters. The number of phenolic OH excluding ortho intramolecular Hbond substituents is 1. The molecule has 0 amide bonds. The third-order valence-electron chi connectivity index (χ3n) is 6.47. The molecule has 3 aromatic rings. The number of nitrogens with one attached hydrogen (secondary N) is 1. The van der Waals surface area contributed by atoms with Gasteiger partial charge in [-0.1, -0.05) is 60.2 Å². The summed E-state index contributed by atoms with van der Waals surface area (Å²) in [5.41, 5.74) is 3.13. The number of hydrogen-bond acceptors (Lipinski definition) is 8. The minimum atomic E-state index is -4.02. The molecule has 9 nitrogen and oxygen atoms in total. The van der Waals surface area contributed by atoms with Gasteiger partial charge < -0.3 is 28.8 Å². The van der Waals surface area contributed by atoms with E-state index in [4.69, 9.17) is 23.7 Å². The van der Waals surface area contributed by atoms with Crippen LogP contribution in [0.1, 0.15) is 34.1 Å². The Kier molecular flexibility index (Phi) is 10.2. The number of methoxy groups -OCH3 is 2. The number of hydrogen-bond donors (Lipinski definition) is 2. The van der Waals surface area contributed by atoms with Gasteiger partial charge in [0.2, 0.25) is 0 Å². The summed E-state index contributed by atoms with van der Waals surface area (Å²) < 4.78 is 57.6. The van der Waals surface area contributed by atoms with Gasteiger partial charge in [0.05, 0.1) is 23.8 Å². The normalized spacial score (nSPS) is 16.5. The molecule has 0 heterocycles. The van der Waals surface area contributed by atoms with E-state index in [1.54, 1.807) is 24.3 Å². The Morgan fingerprint density at radius 1 is 0.850 bits per heavy atom. The molecule has 0 saturated heterocycles. The Hall–Kier alpha value is -3.41. The summed E-state index contributed by atoms with van der Waals surface area (Å²) in [7, 11) is -0.970. The number of sulfonamides is 1. The minimum absolute atomic E-state index is 0.0385. The van der Waals surface area contributed by atoms with Crippen LogP contribution in [-0.4, -0.2) is 54.5 Å². The smallest absolute Gasteiger partial charge is 0.262 e. The lowest BCUT2D eigenvalue weighted by atomic mass is 9.80. The molecule has 4 rings (SSSR count). The maximum absolute atomic E-state index is 13.6. The fourth-order valence-electron chi connectivity index (χ4n) is 4.57. The van der Waals surface area contributed by atoms with Crippen LogP contribution in [0.15, 0.2) is 77.7 Å². The fourth-order valence-corrected chi connectivity index (χ4v) is 5.67. The van der Waals surface area contributed by atoms with Crippen LogP contribution in [0.3, 0.4) is 0 Å². The number of anilines is 1. The van der Waals surface area contributed by atoms with Crippen molar-refractivity contribution in [3.05, 3.63) is 95.1 Å². The average molecular weight is 570 g/mol. The van der Waals surface area contributed by atoms with Gasteiger partial charge in [0, 0.05) is 37.7 Å². The van der Waals surface area contributed by atoms with Gasteiger partial charge in [-0.2, -0.15) is 0 Å². The molecule has 1 aliphatic carbocycles. The second-order valence-corrected chi connectivity index (χ2v) is 11.1. The SMILES string of the molecule is COCOCC1C=CC(COCOC)c2c(NS(=O)(=O)c3ccc(C)cc3)c(OCc3ccccc3)cc(O)c21. The second-order valence-electron chi connectivity index (χ2n) is 9.44. The van der Waals surface area contributed by atoms with Crippen LogP contribution < -0.4 is 9.46 Å².